The first-order valence-electron chi connectivity index (χ1n) is 11.4. The number of nitrogens with one attached hydrogen (secondary N) is 1. The van der Waals surface area contributed by atoms with Crippen LogP contribution in [0.5, 0.6) is 11.5 Å². The van der Waals surface area contributed by atoms with Crippen LogP contribution in [-0.2, 0) is 6.54 Å². The maximum Gasteiger partial charge on any atom is 0.193 e. The van der Waals surface area contributed by atoms with Crippen molar-refractivity contribution in [1.82, 2.24) is 19.8 Å². The quantitative estimate of drug-likeness (QED) is 0.325. The average molecular weight is 553 g/mol. The van der Waals surface area contributed by atoms with Gasteiger partial charge in [-0.2, -0.15) is 0 Å². The molecule has 2 aliphatic rings. The van der Waals surface area contributed by atoms with Crippen molar-refractivity contribution in [3.63, 3.8) is 0 Å². The Hall–Kier alpha value is -1.97. The van der Waals surface area contributed by atoms with Gasteiger partial charge in [-0.15, -0.1) is 24.0 Å². The number of likely N-dealkylation sites (tertiary alicyclic amines) is 1. The third kappa shape index (κ3) is 5.88. The molecule has 1 saturated carbocycles. The first kappa shape index (κ1) is 24.7. The van der Waals surface area contributed by atoms with Gasteiger partial charge in [-0.3, -0.25) is 4.99 Å². The van der Waals surface area contributed by atoms with E-state index in [0.717, 1.165) is 55.4 Å². The molecule has 1 aliphatic carbocycles. The maximum absolute atomic E-state index is 6.36. The SMILES string of the molecule is CN=C(NCc1ccc(OC)cc1OC1CCCC1)N1CCC(C)C(n2ccnc2)C1.I. The van der Waals surface area contributed by atoms with Gasteiger partial charge in [0, 0.05) is 50.7 Å². The van der Waals surface area contributed by atoms with E-state index in [9.17, 15) is 0 Å². The zero-order valence-corrected chi connectivity index (χ0v) is 21.7. The number of piperidine rings is 1. The number of nitrogens with zero attached hydrogens (tertiary/aromatic N) is 4. The van der Waals surface area contributed by atoms with Crippen molar-refractivity contribution in [3.05, 3.63) is 42.5 Å². The predicted molar refractivity (Wildman–Crippen MR) is 138 cm³/mol. The van der Waals surface area contributed by atoms with Crippen LogP contribution in [0.1, 0.15) is 50.6 Å². The molecule has 0 bridgehead atoms. The Morgan fingerprint density at radius 1 is 1.25 bits per heavy atom. The summed E-state index contributed by atoms with van der Waals surface area (Å²) in [5.74, 6) is 3.28. The summed E-state index contributed by atoms with van der Waals surface area (Å²) in [6, 6.07) is 6.50. The minimum atomic E-state index is 0. The highest BCUT2D eigenvalue weighted by Crippen LogP contribution is 2.30. The molecule has 1 N–H and O–H groups in total. The van der Waals surface area contributed by atoms with E-state index < -0.39 is 0 Å². The third-order valence-electron chi connectivity index (χ3n) is 6.64. The van der Waals surface area contributed by atoms with Gasteiger partial charge in [0.25, 0.3) is 0 Å². The van der Waals surface area contributed by atoms with Crippen molar-refractivity contribution in [2.45, 2.75) is 57.7 Å². The van der Waals surface area contributed by atoms with Crippen molar-refractivity contribution in [2.24, 2.45) is 10.9 Å². The fourth-order valence-corrected chi connectivity index (χ4v) is 4.70. The second kappa shape index (κ2) is 11.8. The fourth-order valence-electron chi connectivity index (χ4n) is 4.70. The van der Waals surface area contributed by atoms with Crippen LogP contribution in [0.2, 0.25) is 0 Å². The zero-order chi connectivity index (χ0) is 21.6. The van der Waals surface area contributed by atoms with Crippen molar-refractivity contribution in [2.75, 3.05) is 27.2 Å². The molecule has 1 aliphatic heterocycles. The lowest BCUT2D eigenvalue weighted by Gasteiger charge is -2.39. The van der Waals surface area contributed by atoms with Crippen LogP contribution in [0.3, 0.4) is 0 Å². The Bertz CT molecular complexity index is 867. The summed E-state index contributed by atoms with van der Waals surface area (Å²) in [4.78, 5) is 11.2. The number of aliphatic imine (C=N–C) groups is 1. The van der Waals surface area contributed by atoms with E-state index in [4.69, 9.17) is 9.47 Å². The molecule has 2 fully saturated rings. The highest BCUT2D eigenvalue weighted by Gasteiger charge is 2.29. The van der Waals surface area contributed by atoms with E-state index in [0.29, 0.717) is 24.6 Å². The van der Waals surface area contributed by atoms with Crippen LogP contribution >= 0.6 is 24.0 Å². The number of guanidine groups is 1. The predicted octanol–water partition coefficient (Wildman–Crippen LogP) is 4.49. The number of hydrogen-bond donors (Lipinski definition) is 1. The Kier molecular flexibility index (Phi) is 9.07. The van der Waals surface area contributed by atoms with Crippen molar-refractivity contribution < 1.29 is 9.47 Å². The molecule has 1 saturated heterocycles. The van der Waals surface area contributed by atoms with E-state index in [-0.39, 0.29) is 24.0 Å². The van der Waals surface area contributed by atoms with Gasteiger partial charge in [0.2, 0.25) is 0 Å². The molecule has 0 spiro atoms. The molecule has 4 rings (SSSR count). The minimum Gasteiger partial charge on any atom is -0.497 e. The zero-order valence-electron chi connectivity index (χ0n) is 19.4. The summed E-state index contributed by atoms with van der Waals surface area (Å²) >= 11 is 0. The number of imidazole rings is 1. The van der Waals surface area contributed by atoms with Gasteiger partial charge < -0.3 is 24.3 Å². The summed E-state index contributed by atoms with van der Waals surface area (Å²) < 4.78 is 14.0. The van der Waals surface area contributed by atoms with Crippen molar-refractivity contribution in [1.29, 1.82) is 0 Å². The Morgan fingerprint density at radius 3 is 2.75 bits per heavy atom. The molecule has 0 radical (unpaired) electrons. The molecule has 2 heterocycles. The molecule has 2 unspecified atom stereocenters. The van der Waals surface area contributed by atoms with E-state index in [1.807, 2.05) is 31.7 Å². The highest BCUT2D eigenvalue weighted by molar-refractivity contribution is 14.0. The minimum absolute atomic E-state index is 0. The fraction of sp³-hybridized carbons (Fsp3) is 0.583. The summed E-state index contributed by atoms with van der Waals surface area (Å²) in [5, 5.41) is 3.57. The van der Waals surface area contributed by atoms with E-state index in [2.05, 4.69) is 43.9 Å². The number of rotatable bonds is 6. The molecule has 2 atom stereocenters. The highest BCUT2D eigenvalue weighted by atomic mass is 127. The van der Waals surface area contributed by atoms with Crippen LogP contribution in [-0.4, -0.2) is 53.8 Å². The Balaban J connectivity index is 0.00000289. The van der Waals surface area contributed by atoms with Gasteiger partial charge >= 0.3 is 0 Å². The maximum atomic E-state index is 6.36. The van der Waals surface area contributed by atoms with Gasteiger partial charge in [-0.25, -0.2) is 4.98 Å². The third-order valence-corrected chi connectivity index (χ3v) is 6.64. The number of ether oxygens (including phenoxy) is 2. The molecule has 1 aromatic heterocycles. The van der Waals surface area contributed by atoms with E-state index in [1.54, 1.807) is 7.11 Å². The standard InChI is InChI=1S/C24H35N5O2.HI/c1-18-10-12-28(16-22(18)29-13-11-26-17-29)24(25-2)27-15-19-8-9-21(30-3)14-23(19)31-20-6-4-5-7-20;/h8-9,11,13-14,17-18,20,22H,4-7,10,12,15-16H2,1-3H3,(H,25,27);1H. The van der Waals surface area contributed by atoms with Crippen LogP contribution in [0.25, 0.3) is 0 Å². The molecule has 176 valence electrons. The number of benzene rings is 1. The molecule has 7 nitrogen and oxygen atoms in total. The van der Waals surface area contributed by atoms with Crippen LogP contribution in [0, 0.1) is 5.92 Å². The van der Waals surface area contributed by atoms with E-state index in [1.165, 1.54) is 12.8 Å². The monoisotopic (exact) mass is 553 g/mol. The molecular formula is C24H36IN5O2. The van der Waals surface area contributed by atoms with Gasteiger partial charge in [0.1, 0.15) is 11.5 Å². The lowest BCUT2D eigenvalue weighted by Crippen LogP contribution is -2.48. The second-order valence-electron chi connectivity index (χ2n) is 8.69. The normalized spacial score (nSPS) is 21.8. The number of methoxy groups -OCH3 is 1. The molecule has 0 amide bonds. The van der Waals surface area contributed by atoms with Crippen molar-refractivity contribution >= 4 is 29.9 Å². The number of hydrogen-bond acceptors (Lipinski definition) is 4. The summed E-state index contributed by atoms with van der Waals surface area (Å²) in [6.45, 7) is 4.91. The van der Waals surface area contributed by atoms with Crippen LogP contribution in [0.15, 0.2) is 41.9 Å². The topological polar surface area (TPSA) is 63.9 Å². The lowest BCUT2D eigenvalue weighted by molar-refractivity contribution is 0.188. The van der Waals surface area contributed by atoms with E-state index >= 15 is 0 Å². The lowest BCUT2D eigenvalue weighted by atomic mass is 9.93. The molecule has 8 heteroatoms. The van der Waals surface area contributed by atoms with Gasteiger partial charge in [0.05, 0.1) is 25.6 Å². The largest absolute Gasteiger partial charge is 0.497 e. The molecule has 32 heavy (non-hydrogen) atoms. The van der Waals surface area contributed by atoms with Crippen molar-refractivity contribution in [3.8, 4) is 11.5 Å². The first-order chi connectivity index (χ1) is 15.2. The number of aromatic nitrogens is 2. The summed E-state index contributed by atoms with van der Waals surface area (Å²) in [5.41, 5.74) is 1.13. The van der Waals surface area contributed by atoms with Gasteiger partial charge in [-0.05, 0) is 50.2 Å². The Labute approximate surface area is 208 Å². The Morgan fingerprint density at radius 2 is 2.06 bits per heavy atom. The number of halogens is 1. The molecule has 2 aromatic rings. The van der Waals surface area contributed by atoms with Crippen LogP contribution < -0.4 is 14.8 Å². The van der Waals surface area contributed by atoms with Crippen LogP contribution in [0.4, 0.5) is 0 Å². The smallest absolute Gasteiger partial charge is 0.193 e. The molecular weight excluding hydrogens is 517 g/mol. The second-order valence-corrected chi connectivity index (χ2v) is 8.69. The first-order valence-corrected chi connectivity index (χ1v) is 11.4. The van der Waals surface area contributed by atoms with Gasteiger partial charge in [0.15, 0.2) is 5.96 Å². The summed E-state index contributed by atoms with van der Waals surface area (Å²) in [7, 11) is 3.55. The summed E-state index contributed by atoms with van der Waals surface area (Å²) in [6.07, 6.45) is 12.0. The average Bonchev–Trinajstić information content (AvgIpc) is 3.50. The molecule has 1 aromatic carbocycles. The van der Waals surface area contributed by atoms with Gasteiger partial charge in [-0.1, -0.05) is 6.92 Å².